The van der Waals surface area contributed by atoms with E-state index in [2.05, 4.69) is 6.92 Å². The van der Waals surface area contributed by atoms with Crippen LogP contribution in [0.3, 0.4) is 0 Å². The SMILES string of the molecule is CCCCCCc1ccc(C(=O)c2c(OC)c(CC(=O)O)cc3ccoc23)cc1. The van der Waals surface area contributed by atoms with Crippen LogP contribution in [0, 0.1) is 0 Å². The van der Waals surface area contributed by atoms with E-state index in [0.29, 0.717) is 22.1 Å². The third-order valence-corrected chi connectivity index (χ3v) is 5.08. The molecule has 0 atom stereocenters. The minimum Gasteiger partial charge on any atom is -0.496 e. The number of methoxy groups -OCH3 is 1. The highest BCUT2D eigenvalue weighted by molar-refractivity contribution is 6.17. The number of fused-ring (bicyclic) bond motifs is 1. The topological polar surface area (TPSA) is 76.7 Å². The van der Waals surface area contributed by atoms with Gasteiger partial charge in [-0.05, 0) is 30.5 Å². The van der Waals surface area contributed by atoms with Crippen molar-refractivity contribution in [2.45, 2.75) is 45.4 Å². The molecule has 2 aromatic carbocycles. The molecule has 0 radical (unpaired) electrons. The number of carboxylic acid groups (broad SMARTS) is 1. The predicted octanol–water partition coefficient (Wildman–Crippen LogP) is 5.42. The fourth-order valence-electron chi connectivity index (χ4n) is 3.61. The molecule has 1 aromatic heterocycles. The lowest BCUT2D eigenvalue weighted by molar-refractivity contribution is -0.136. The summed E-state index contributed by atoms with van der Waals surface area (Å²) < 4.78 is 11.0. The van der Waals surface area contributed by atoms with Crippen molar-refractivity contribution in [1.29, 1.82) is 0 Å². The van der Waals surface area contributed by atoms with Crippen molar-refractivity contribution >= 4 is 22.7 Å². The molecule has 0 fully saturated rings. The van der Waals surface area contributed by atoms with E-state index >= 15 is 0 Å². The molecule has 0 aliphatic rings. The number of carboxylic acids is 1. The van der Waals surface area contributed by atoms with Gasteiger partial charge in [0.15, 0.2) is 0 Å². The summed E-state index contributed by atoms with van der Waals surface area (Å²) in [6.07, 6.45) is 7.04. The third kappa shape index (κ3) is 4.67. The predicted molar refractivity (Wildman–Crippen MR) is 112 cm³/mol. The van der Waals surface area contributed by atoms with E-state index in [-0.39, 0.29) is 23.5 Å². The maximum absolute atomic E-state index is 13.3. The Morgan fingerprint density at radius 1 is 1.07 bits per heavy atom. The zero-order valence-corrected chi connectivity index (χ0v) is 16.9. The zero-order valence-electron chi connectivity index (χ0n) is 16.9. The highest BCUT2D eigenvalue weighted by Gasteiger charge is 2.24. The van der Waals surface area contributed by atoms with Gasteiger partial charge >= 0.3 is 5.97 Å². The number of unbranched alkanes of at least 4 members (excludes halogenated alkanes) is 3. The Balaban J connectivity index is 1.94. The van der Waals surface area contributed by atoms with Crippen LogP contribution in [-0.2, 0) is 17.6 Å². The van der Waals surface area contributed by atoms with Crippen LogP contribution >= 0.6 is 0 Å². The molecule has 0 bridgehead atoms. The number of hydrogen-bond donors (Lipinski definition) is 1. The van der Waals surface area contributed by atoms with Gasteiger partial charge in [-0.1, -0.05) is 50.5 Å². The number of rotatable bonds is 10. The largest absolute Gasteiger partial charge is 0.496 e. The average molecular weight is 394 g/mol. The number of carbonyl (C=O) groups is 2. The van der Waals surface area contributed by atoms with Crippen molar-refractivity contribution < 1.29 is 23.8 Å². The standard InChI is InChI=1S/C24H26O5/c1-3-4-5-6-7-16-8-10-17(11-9-16)22(27)21-23(28-2)19(15-20(25)26)14-18-12-13-29-24(18)21/h8-14H,3-7,15H2,1-2H3,(H,25,26). The molecule has 0 unspecified atom stereocenters. The smallest absolute Gasteiger partial charge is 0.307 e. The molecule has 3 aromatic rings. The first-order valence-corrected chi connectivity index (χ1v) is 9.97. The molecule has 29 heavy (non-hydrogen) atoms. The summed E-state index contributed by atoms with van der Waals surface area (Å²) in [5, 5.41) is 9.91. The van der Waals surface area contributed by atoms with Crippen molar-refractivity contribution in [2.24, 2.45) is 0 Å². The van der Waals surface area contributed by atoms with Gasteiger partial charge in [-0.2, -0.15) is 0 Å². The van der Waals surface area contributed by atoms with Crippen LogP contribution in [0.25, 0.3) is 11.0 Å². The third-order valence-electron chi connectivity index (χ3n) is 5.08. The lowest BCUT2D eigenvalue weighted by Gasteiger charge is -2.13. The summed E-state index contributed by atoms with van der Waals surface area (Å²) in [4.78, 5) is 24.6. The summed E-state index contributed by atoms with van der Waals surface area (Å²) in [6.45, 7) is 2.19. The molecule has 5 heteroatoms. The van der Waals surface area contributed by atoms with Crippen molar-refractivity contribution in [3.63, 3.8) is 0 Å². The lowest BCUT2D eigenvalue weighted by Crippen LogP contribution is -2.09. The van der Waals surface area contributed by atoms with Gasteiger partial charge in [0.2, 0.25) is 5.78 Å². The van der Waals surface area contributed by atoms with Crippen LogP contribution in [0.2, 0.25) is 0 Å². The number of furan rings is 1. The number of hydrogen-bond acceptors (Lipinski definition) is 4. The van der Waals surface area contributed by atoms with Gasteiger partial charge in [-0.15, -0.1) is 0 Å². The van der Waals surface area contributed by atoms with Gasteiger partial charge in [0.05, 0.1) is 19.8 Å². The van der Waals surface area contributed by atoms with Crippen LogP contribution in [0.1, 0.15) is 59.7 Å². The summed E-state index contributed by atoms with van der Waals surface area (Å²) in [6, 6.07) is 11.0. The van der Waals surface area contributed by atoms with Crippen molar-refractivity contribution in [2.75, 3.05) is 7.11 Å². The fourth-order valence-corrected chi connectivity index (χ4v) is 3.61. The number of ketones is 1. The number of aliphatic carboxylic acids is 1. The van der Waals surface area contributed by atoms with E-state index in [0.717, 1.165) is 12.8 Å². The molecular weight excluding hydrogens is 368 g/mol. The van der Waals surface area contributed by atoms with Gasteiger partial charge in [0.25, 0.3) is 0 Å². The summed E-state index contributed by atoms with van der Waals surface area (Å²) in [7, 11) is 1.44. The molecule has 0 saturated heterocycles. The minimum atomic E-state index is -0.989. The van der Waals surface area contributed by atoms with Crippen LogP contribution < -0.4 is 4.74 Å². The van der Waals surface area contributed by atoms with Crippen LogP contribution in [0.15, 0.2) is 47.1 Å². The van der Waals surface area contributed by atoms with Crippen molar-refractivity contribution in [3.8, 4) is 5.75 Å². The average Bonchev–Trinajstić information content (AvgIpc) is 3.17. The number of aryl methyl sites for hydroxylation is 1. The van der Waals surface area contributed by atoms with Gasteiger partial charge in [-0.25, -0.2) is 0 Å². The second-order valence-electron chi connectivity index (χ2n) is 7.19. The first-order valence-electron chi connectivity index (χ1n) is 9.97. The van der Waals surface area contributed by atoms with E-state index in [9.17, 15) is 14.7 Å². The van der Waals surface area contributed by atoms with E-state index in [4.69, 9.17) is 9.15 Å². The molecule has 3 rings (SSSR count). The van der Waals surface area contributed by atoms with Gasteiger partial charge < -0.3 is 14.3 Å². The Bertz CT molecular complexity index is 998. The Morgan fingerprint density at radius 3 is 2.48 bits per heavy atom. The molecule has 1 heterocycles. The van der Waals surface area contributed by atoms with E-state index in [1.54, 1.807) is 12.1 Å². The molecule has 0 amide bonds. The van der Waals surface area contributed by atoms with Crippen LogP contribution in [0.4, 0.5) is 0 Å². The van der Waals surface area contributed by atoms with E-state index in [1.165, 1.54) is 38.2 Å². The second-order valence-corrected chi connectivity index (χ2v) is 7.19. The highest BCUT2D eigenvalue weighted by Crippen LogP contribution is 2.35. The first kappa shape index (κ1) is 20.6. The Hall–Kier alpha value is -3.08. The van der Waals surface area contributed by atoms with E-state index < -0.39 is 5.97 Å². The molecule has 5 nitrogen and oxygen atoms in total. The maximum atomic E-state index is 13.3. The van der Waals surface area contributed by atoms with Gasteiger partial charge in [0, 0.05) is 16.5 Å². The first-order chi connectivity index (χ1) is 14.0. The van der Waals surface area contributed by atoms with Crippen molar-refractivity contribution in [1.82, 2.24) is 0 Å². The van der Waals surface area contributed by atoms with Crippen molar-refractivity contribution in [3.05, 3.63) is 64.9 Å². The summed E-state index contributed by atoms with van der Waals surface area (Å²) >= 11 is 0. The Morgan fingerprint density at radius 2 is 1.83 bits per heavy atom. The molecule has 0 spiro atoms. The summed E-state index contributed by atoms with van der Waals surface area (Å²) in [5.74, 6) is -0.980. The Kier molecular flexibility index (Phi) is 6.70. The quantitative estimate of drug-likeness (QED) is 0.367. The molecule has 1 N–H and O–H groups in total. The molecular formula is C24H26O5. The Labute approximate surface area is 170 Å². The zero-order chi connectivity index (χ0) is 20.8. The highest BCUT2D eigenvalue weighted by atomic mass is 16.5. The number of carbonyl (C=O) groups excluding carboxylic acids is 1. The lowest BCUT2D eigenvalue weighted by atomic mass is 9.95. The van der Waals surface area contributed by atoms with Crippen LogP contribution in [-0.4, -0.2) is 24.0 Å². The monoisotopic (exact) mass is 394 g/mol. The molecule has 0 aliphatic heterocycles. The normalized spacial score (nSPS) is 11.0. The van der Waals surface area contributed by atoms with Gasteiger partial charge in [0.1, 0.15) is 16.9 Å². The fraction of sp³-hybridized carbons (Fsp3) is 0.333. The summed E-state index contributed by atoms with van der Waals surface area (Å²) in [5.41, 5.74) is 2.84. The van der Waals surface area contributed by atoms with E-state index in [1.807, 2.05) is 24.3 Å². The molecule has 152 valence electrons. The second kappa shape index (κ2) is 9.41. The molecule has 0 aliphatic carbocycles. The number of benzene rings is 2. The number of ether oxygens (including phenoxy) is 1. The van der Waals surface area contributed by atoms with Crippen LogP contribution in [0.5, 0.6) is 5.75 Å². The van der Waals surface area contributed by atoms with Gasteiger partial charge in [-0.3, -0.25) is 9.59 Å². The maximum Gasteiger partial charge on any atom is 0.307 e. The minimum absolute atomic E-state index is 0.235. The molecule has 0 saturated carbocycles.